The van der Waals surface area contributed by atoms with Crippen LogP contribution in [0.1, 0.15) is 12.6 Å². The predicted molar refractivity (Wildman–Crippen MR) is 86.7 cm³/mol. The molecular weight excluding hydrogens is 260 g/mol. The van der Waals surface area contributed by atoms with Gasteiger partial charge in [0.15, 0.2) is 0 Å². The first-order valence-electron chi connectivity index (χ1n) is 7.18. The summed E-state index contributed by atoms with van der Waals surface area (Å²) in [5.74, 6) is 0.872. The monoisotopic (exact) mass is 280 g/mol. The number of methoxy groups -OCH3 is 1. The molecule has 21 heavy (non-hydrogen) atoms. The van der Waals surface area contributed by atoms with E-state index in [4.69, 9.17) is 10.5 Å². The molecule has 3 heteroatoms. The molecular formula is C18H20N2O. The molecule has 0 bridgehead atoms. The molecule has 3 rings (SSSR count). The standard InChI is InChI=1S/C18H20N2O/c1-13(19)11-18-17(12-15-5-3-4-10-20(15)18)14-6-8-16(21-2)9-7-14/h3-10,12-13H,11,19H2,1-2H3. The van der Waals surface area contributed by atoms with Gasteiger partial charge in [0.2, 0.25) is 0 Å². The summed E-state index contributed by atoms with van der Waals surface area (Å²) in [6, 6.07) is 16.8. The third-order valence-electron chi connectivity index (χ3n) is 3.70. The second-order valence-corrected chi connectivity index (χ2v) is 5.41. The Kier molecular flexibility index (Phi) is 3.67. The number of pyridine rings is 1. The largest absolute Gasteiger partial charge is 0.497 e. The van der Waals surface area contributed by atoms with Gasteiger partial charge in [-0.1, -0.05) is 18.2 Å². The van der Waals surface area contributed by atoms with Crippen LogP contribution in [0.3, 0.4) is 0 Å². The fraction of sp³-hybridized carbons (Fsp3) is 0.222. The van der Waals surface area contributed by atoms with E-state index in [0.29, 0.717) is 0 Å². The zero-order valence-electron chi connectivity index (χ0n) is 12.4. The summed E-state index contributed by atoms with van der Waals surface area (Å²) >= 11 is 0. The number of aromatic nitrogens is 1. The van der Waals surface area contributed by atoms with Crippen LogP contribution in [0.5, 0.6) is 5.75 Å². The van der Waals surface area contributed by atoms with Gasteiger partial charge < -0.3 is 14.9 Å². The molecule has 0 fully saturated rings. The Morgan fingerprint density at radius 3 is 2.57 bits per heavy atom. The number of rotatable bonds is 4. The molecule has 0 aliphatic heterocycles. The van der Waals surface area contributed by atoms with Gasteiger partial charge in [-0.2, -0.15) is 0 Å². The molecule has 0 saturated carbocycles. The number of benzene rings is 1. The molecule has 2 N–H and O–H groups in total. The van der Waals surface area contributed by atoms with Gasteiger partial charge in [-0.15, -0.1) is 0 Å². The van der Waals surface area contributed by atoms with Crippen molar-refractivity contribution in [3.05, 3.63) is 60.4 Å². The van der Waals surface area contributed by atoms with Crippen LogP contribution in [0.15, 0.2) is 54.7 Å². The second-order valence-electron chi connectivity index (χ2n) is 5.41. The molecule has 1 unspecified atom stereocenters. The Morgan fingerprint density at radius 1 is 1.14 bits per heavy atom. The minimum Gasteiger partial charge on any atom is -0.497 e. The Hall–Kier alpha value is -2.26. The first-order valence-corrected chi connectivity index (χ1v) is 7.18. The summed E-state index contributed by atoms with van der Waals surface area (Å²) in [4.78, 5) is 0. The minimum absolute atomic E-state index is 0.125. The molecule has 1 aromatic carbocycles. The molecule has 108 valence electrons. The lowest BCUT2D eigenvalue weighted by Crippen LogP contribution is -2.19. The zero-order chi connectivity index (χ0) is 14.8. The first-order chi connectivity index (χ1) is 10.2. The highest BCUT2D eigenvalue weighted by atomic mass is 16.5. The van der Waals surface area contributed by atoms with Gasteiger partial charge in [0.25, 0.3) is 0 Å². The van der Waals surface area contributed by atoms with Crippen molar-refractivity contribution in [2.45, 2.75) is 19.4 Å². The van der Waals surface area contributed by atoms with Crippen molar-refractivity contribution in [3.63, 3.8) is 0 Å². The van der Waals surface area contributed by atoms with E-state index in [0.717, 1.165) is 12.2 Å². The summed E-state index contributed by atoms with van der Waals surface area (Å²) in [6.45, 7) is 2.04. The Balaban J connectivity index is 2.15. The van der Waals surface area contributed by atoms with Gasteiger partial charge in [-0.05, 0) is 42.8 Å². The number of ether oxygens (including phenoxy) is 1. The van der Waals surface area contributed by atoms with Crippen molar-refractivity contribution in [3.8, 4) is 16.9 Å². The molecule has 0 saturated heterocycles. The predicted octanol–water partition coefficient (Wildman–Crippen LogP) is 3.50. The lowest BCUT2D eigenvalue weighted by molar-refractivity contribution is 0.415. The van der Waals surface area contributed by atoms with Crippen molar-refractivity contribution in [2.75, 3.05) is 7.11 Å². The topological polar surface area (TPSA) is 39.7 Å². The van der Waals surface area contributed by atoms with E-state index in [1.807, 2.05) is 19.1 Å². The van der Waals surface area contributed by atoms with Crippen molar-refractivity contribution in [1.82, 2.24) is 4.40 Å². The zero-order valence-corrected chi connectivity index (χ0v) is 12.4. The normalized spacial score (nSPS) is 12.5. The molecule has 1 atom stereocenters. The van der Waals surface area contributed by atoms with Crippen molar-refractivity contribution < 1.29 is 4.74 Å². The fourth-order valence-corrected chi connectivity index (χ4v) is 2.71. The van der Waals surface area contributed by atoms with Crippen LogP contribution < -0.4 is 10.5 Å². The maximum atomic E-state index is 6.03. The Labute approximate surface area is 125 Å². The SMILES string of the molecule is COc1ccc(-c2cc3ccccn3c2CC(C)N)cc1. The van der Waals surface area contributed by atoms with Crippen LogP contribution in [0.2, 0.25) is 0 Å². The highest BCUT2D eigenvalue weighted by Crippen LogP contribution is 2.29. The highest BCUT2D eigenvalue weighted by Gasteiger charge is 2.13. The summed E-state index contributed by atoms with van der Waals surface area (Å²) in [6.07, 6.45) is 2.94. The Morgan fingerprint density at radius 2 is 1.90 bits per heavy atom. The van der Waals surface area contributed by atoms with Crippen LogP contribution in [-0.2, 0) is 6.42 Å². The molecule has 2 aromatic heterocycles. The number of hydrogen-bond acceptors (Lipinski definition) is 2. The summed E-state index contributed by atoms with van der Waals surface area (Å²) in [7, 11) is 1.68. The van der Waals surface area contributed by atoms with E-state index in [9.17, 15) is 0 Å². The van der Waals surface area contributed by atoms with E-state index in [2.05, 4.69) is 47.0 Å². The van der Waals surface area contributed by atoms with Gasteiger partial charge in [0.05, 0.1) is 7.11 Å². The van der Waals surface area contributed by atoms with Gasteiger partial charge in [-0.25, -0.2) is 0 Å². The lowest BCUT2D eigenvalue weighted by Gasteiger charge is -2.10. The van der Waals surface area contributed by atoms with E-state index >= 15 is 0 Å². The van der Waals surface area contributed by atoms with E-state index in [1.165, 1.54) is 22.3 Å². The van der Waals surface area contributed by atoms with E-state index < -0.39 is 0 Å². The van der Waals surface area contributed by atoms with Gasteiger partial charge in [0, 0.05) is 35.4 Å². The molecule has 0 spiro atoms. The van der Waals surface area contributed by atoms with Crippen molar-refractivity contribution in [2.24, 2.45) is 5.73 Å². The summed E-state index contributed by atoms with van der Waals surface area (Å²) in [5.41, 5.74) is 10.9. The Bertz CT molecular complexity index is 742. The molecule has 0 radical (unpaired) electrons. The minimum atomic E-state index is 0.125. The van der Waals surface area contributed by atoms with Crippen LogP contribution >= 0.6 is 0 Å². The smallest absolute Gasteiger partial charge is 0.118 e. The third-order valence-corrected chi connectivity index (χ3v) is 3.70. The quantitative estimate of drug-likeness (QED) is 0.794. The number of fused-ring (bicyclic) bond motifs is 1. The van der Waals surface area contributed by atoms with E-state index in [1.54, 1.807) is 7.11 Å². The maximum absolute atomic E-state index is 6.03. The van der Waals surface area contributed by atoms with E-state index in [-0.39, 0.29) is 6.04 Å². The fourth-order valence-electron chi connectivity index (χ4n) is 2.71. The van der Waals surface area contributed by atoms with Crippen LogP contribution in [0.4, 0.5) is 0 Å². The number of nitrogens with zero attached hydrogens (tertiary/aromatic N) is 1. The van der Waals surface area contributed by atoms with Gasteiger partial charge in [-0.3, -0.25) is 0 Å². The number of hydrogen-bond donors (Lipinski definition) is 1. The molecule has 3 nitrogen and oxygen atoms in total. The lowest BCUT2D eigenvalue weighted by atomic mass is 10.0. The van der Waals surface area contributed by atoms with Crippen LogP contribution in [0.25, 0.3) is 16.6 Å². The highest BCUT2D eigenvalue weighted by molar-refractivity contribution is 5.74. The molecule has 0 aliphatic carbocycles. The molecule has 0 aliphatic rings. The van der Waals surface area contributed by atoms with Crippen molar-refractivity contribution >= 4 is 5.52 Å². The average molecular weight is 280 g/mol. The summed E-state index contributed by atoms with van der Waals surface area (Å²) in [5, 5.41) is 0. The second kappa shape index (κ2) is 5.62. The van der Waals surface area contributed by atoms with Crippen molar-refractivity contribution in [1.29, 1.82) is 0 Å². The first kappa shape index (κ1) is 13.7. The summed E-state index contributed by atoms with van der Waals surface area (Å²) < 4.78 is 7.46. The van der Waals surface area contributed by atoms with Gasteiger partial charge in [0.1, 0.15) is 5.75 Å². The van der Waals surface area contributed by atoms with Gasteiger partial charge >= 0.3 is 0 Å². The maximum Gasteiger partial charge on any atom is 0.118 e. The number of nitrogens with two attached hydrogens (primary N) is 1. The molecule has 2 heterocycles. The molecule has 0 amide bonds. The third kappa shape index (κ3) is 2.65. The molecule has 3 aromatic rings. The average Bonchev–Trinajstić information content (AvgIpc) is 2.86. The van der Waals surface area contributed by atoms with Crippen LogP contribution in [-0.4, -0.2) is 17.6 Å². The van der Waals surface area contributed by atoms with Crippen LogP contribution in [0, 0.1) is 0 Å².